The highest BCUT2D eigenvalue weighted by molar-refractivity contribution is 5.78. The van der Waals surface area contributed by atoms with Gasteiger partial charge in [0.2, 0.25) is 12.3 Å². The third-order valence-corrected chi connectivity index (χ3v) is 2.24. The summed E-state index contributed by atoms with van der Waals surface area (Å²) in [5, 5.41) is 6.34. The second-order valence-corrected chi connectivity index (χ2v) is 4.13. The van der Waals surface area contributed by atoms with Crippen molar-refractivity contribution >= 4 is 5.91 Å². The summed E-state index contributed by atoms with van der Waals surface area (Å²) in [6, 6.07) is 0. The summed E-state index contributed by atoms with van der Waals surface area (Å²) in [5.41, 5.74) is 5.56. The molecule has 6 nitrogen and oxygen atoms in total. The van der Waals surface area contributed by atoms with E-state index in [1.54, 1.807) is 0 Å². The Balaban J connectivity index is 2.37. The summed E-state index contributed by atoms with van der Waals surface area (Å²) >= 11 is 0. The fourth-order valence-corrected chi connectivity index (χ4v) is 1.46. The second-order valence-electron chi connectivity index (χ2n) is 4.13. The van der Waals surface area contributed by atoms with Crippen molar-refractivity contribution in [2.45, 2.75) is 26.8 Å². The molecule has 0 aliphatic rings. The van der Waals surface area contributed by atoms with Crippen LogP contribution in [0.1, 0.15) is 26.1 Å². The van der Waals surface area contributed by atoms with Crippen LogP contribution in [0, 0.1) is 11.8 Å². The molecule has 6 heteroatoms. The maximum atomic E-state index is 11.7. The zero-order valence-electron chi connectivity index (χ0n) is 9.64. The van der Waals surface area contributed by atoms with Crippen molar-refractivity contribution in [1.82, 2.24) is 15.5 Å². The Morgan fingerprint density at radius 2 is 2.38 bits per heavy atom. The Labute approximate surface area is 94.6 Å². The molecule has 0 fully saturated rings. The minimum absolute atomic E-state index is 0.0546. The molecule has 0 radical (unpaired) electrons. The molecule has 1 aromatic heterocycles. The van der Waals surface area contributed by atoms with Crippen molar-refractivity contribution in [3.63, 3.8) is 0 Å². The van der Waals surface area contributed by atoms with Crippen LogP contribution in [-0.2, 0) is 11.3 Å². The maximum absolute atomic E-state index is 11.7. The number of rotatable bonds is 6. The molecule has 1 unspecified atom stereocenters. The van der Waals surface area contributed by atoms with Crippen molar-refractivity contribution in [3.8, 4) is 0 Å². The molecular formula is C10H18N4O2. The first-order valence-corrected chi connectivity index (χ1v) is 5.36. The molecule has 0 aliphatic heterocycles. The second kappa shape index (κ2) is 6.22. The third-order valence-electron chi connectivity index (χ3n) is 2.24. The molecule has 1 atom stereocenters. The fourth-order valence-electron chi connectivity index (χ4n) is 1.46. The van der Waals surface area contributed by atoms with Gasteiger partial charge in [-0.3, -0.25) is 4.79 Å². The van der Waals surface area contributed by atoms with Crippen LogP contribution >= 0.6 is 0 Å². The Morgan fingerprint density at radius 3 is 2.88 bits per heavy atom. The van der Waals surface area contributed by atoms with E-state index in [4.69, 9.17) is 5.73 Å². The van der Waals surface area contributed by atoms with Crippen molar-refractivity contribution in [2.24, 2.45) is 17.6 Å². The number of aromatic nitrogens is 2. The summed E-state index contributed by atoms with van der Waals surface area (Å²) < 4.78 is 4.56. The average molecular weight is 226 g/mol. The standard InChI is InChI=1S/C10H18N4O2/c1-7(2)3-8(4-11)10(15)12-5-9-13-6-16-14-9/h6-8H,3-5,11H2,1-2H3,(H,12,15). The van der Waals surface area contributed by atoms with Gasteiger partial charge < -0.3 is 15.6 Å². The zero-order chi connectivity index (χ0) is 12.0. The third kappa shape index (κ3) is 3.98. The number of amides is 1. The fraction of sp³-hybridized carbons (Fsp3) is 0.700. The van der Waals surface area contributed by atoms with Crippen molar-refractivity contribution in [1.29, 1.82) is 0 Å². The predicted molar refractivity (Wildman–Crippen MR) is 58.1 cm³/mol. The van der Waals surface area contributed by atoms with Crippen molar-refractivity contribution in [2.75, 3.05) is 6.54 Å². The zero-order valence-corrected chi connectivity index (χ0v) is 9.64. The molecule has 16 heavy (non-hydrogen) atoms. The molecule has 0 spiro atoms. The number of hydrogen-bond donors (Lipinski definition) is 2. The van der Waals surface area contributed by atoms with E-state index in [1.165, 1.54) is 6.39 Å². The van der Waals surface area contributed by atoms with Crippen molar-refractivity contribution in [3.05, 3.63) is 12.2 Å². The van der Waals surface area contributed by atoms with E-state index in [2.05, 4.69) is 33.8 Å². The van der Waals surface area contributed by atoms with Gasteiger partial charge in [-0.05, 0) is 12.3 Å². The number of hydrogen-bond acceptors (Lipinski definition) is 5. The SMILES string of the molecule is CC(C)CC(CN)C(=O)NCc1ncon1. The molecule has 90 valence electrons. The lowest BCUT2D eigenvalue weighted by molar-refractivity contribution is -0.125. The lowest BCUT2D eigenvalue weighted by atomic mass is 9.96. The topological polar surface area (TPSA) is 94.0 Å². The van der Waals surface area contributed by atoms with Crippen LogP contribution in [0.4, 0.5) is 0 Å². The normalized spacial score (nSPS) is 12.8. The van der Waals surface area contributed by atoms with E-state index in [0.717, 1.165) is 6.42 Å². The molecular weight excluding hydrogens is 208 g/mol. The first kappa shape index (κ1) is 12.6. The molecule has 1 amide bonds. The predicted octanol–water partition coefficient (Wildman–Crippen LogP) is 0.307. The summed E-state index contributed by atoms with van der Waals surface area (Å²) in [5.74, 6) is 0.714. The van der Waals surface area contributed by atoms with Crippen LogP contribution in [0.3, 0.4) is 0 Å². The maximum Gasteiger partial charge on any atom is 0.224 e. The number of nitrogens with one attached hydrogen (secondary N) is 1. The van der Waals surface area contributed by atoms with Gasteiger partial charge in [0.05, 0.1) is 12.5 Å². The van der Waals surface area contributed by atoms with Gasteiger partial charge in [-0.2, -0.15) is 4.98 Å². The number of carbonyl (C=O) groups is 1. The molecule has 1 rings (SSSR count). The van der Waals surface area contributed by atoms with Gasteiger partial charge in [-0.1, -0.05) is 19.0 Å². The van der Waals surface area contributed by atoms with E-state index in [-0.39, 0.29) is 18.4 Å². The van der Waals surface area contributed by atoms with Gasteiger partial charge in [-0.25, -0.2) is 0 Å². The summed E-state index contributed by atoms with van der Waals surface area (Å²) in [7, 11) is 0. The highest BCUT2D eigenvalue weighted by Crippen LogP contribution is 2.10. The summed E-state index contributed by atoms with van der Waals surface area (Å²) in [6.45, 7) is 4.77. The van der Waals surface area contributed by atoms with Crippen LogP contribution in [-0.4, -0.2) is 22.6 Å². The van der Waals surface area contributed by atoms with Crippen molar-refractivity contribution < 1.29 is 9.32 Å². The van der Waals surface area contributed by atoms with Gasteiger partial charge in [0, 0.05) is 6.54 Å². The molecule has 1 heterocycles. The average Bonchev–Trinajstić information content (AvgIpc) is 2.75. The number of nitrogens with zero attached hydrogens (tertiary/aromatic N) is 2. The largest absolute Gasteiger partial charge is 0.348 e. The van der Waals surface area contributed by atoms with Gasteiger partial charge in [0.25, 0.3) is 0 Å². The van der Waals surface area contributed by atoms with Gasteiger partial charge >= 0.3 is 0 Å². The van der Waals surface area contributed by atoms with E-state index < -0.39 is 0 Å². The highest BCUT2D eigenvalue weighted by Gasteiger charge is 2.18. The Hall–Kier alpha value is -1.43. The van der Waals surface area contributed by atoms with Gasteiger partial charge in [0.15, 0.2) is 5.82 Å². The molecule has 3 N–H and O–H groups in total. The molecule has 0 saturated heterocycles. The molecule has 0 aromatic carbocycles. The lowest BCUT2D eigenvalue weighted by Crippen LogP contribution is -2.35. The first-order valence-electron chi connectivity index (χ1n) is 5.36. The molecule has 0 bridgehead atoms. The summed E-state index contributed by atoms with van der Waals surface area (Å²) in [6.07, 6.45) is 2.02. The van der Waals surface area contributed by atoms with Crippen LogP contribution in [0.5, 0.6) is 0 Å². The van der Waals surface area contributed by atoms with Gasteiger partial charge in [-0.15, -0.1) is 0 Å². The minimum Gasteiger partial charge on any atom is -0.348 e. The van der Waals surface area contributed by atoms with Crippen LogP contribution < -0.4 is 11.1 Å². The number of nitrogens with two attached hydrogens (primary N) is 1. The number of carbonyl (C=O) groups excluding carboxylic acids is 1. The van der Waals surface area contributed by atoms with E-state index in [1.807, 2.05) is 0 Å². The van der Waals surface area contributed by atoms with Crippen LogP contribution in [0.2, 0.25) is 0 Å². The van der Waals surface area contributed by atoms with E-state index >= 15 is 0 Å². The van der Waals surface area contributed by atoms with Gasteiger partial charge in [0.1, 0.15) is 0 Å². The summed E-state index contributed by atoms with van der Waals surface area (Å²) in [4.78, 5) is 15.5. The lowest BCUT2D eigenvalue weighted by Gasteiger charge is -2.15. The monoisotopic (exact) mass is 226 g/mol. The minimum atomic E-state index is -0.146. The molecule has 1 aromatic rings. The first-order chi connectivity index (χ1) is 7.63. The molecule has 0 saturated carbocycles. The molecule has 0 aliphatic carbocycles. The van der Waals surface area contributed by atoms with E-state index in [0.29, 0.717) is 18.3 Å². The van der Waals surface area contributed by atoms with Crippen LogP contribution in [0.25, 0.3) is 0 Å². The quantitative estimate of drug-likeness (QED) is 0.728. The van der Waals surface area contributed by atoms with Crippen LogP contribution in [0.15, 0.2) is 10.9 Å². The Bertz CT molecular complexity index is 311. The highest BCUT2D eigenvalue weighted by atomic mass is 16.5. The van der Waals surface area contributed by atoms with E-state index in [9.17, 15) is 4.79 Å². The smallest absolute Gasteiger partial charge is 0.224 e. The Morgan fingerprint density at radius 1 is 1.62 bits per heavy atom. The Kier molecular flexibility index (Phi) is 4.91.